The number of rotatable bonds is 3. The Kier molecular flexibility index (Phi) is 3.54. The fourth-order valence-corrected chi connectivity index (χ4v) is 1.30. The minimum Gasteiger partial charge on any atom is -0.380 e. The van der Waals surface area contributed by atoms with Crippen LogP contribution in [0.4, 0.5) is 13.2 Å². The number of amides is 1. The molecule has 0 fully saturated rings. The summed E-state index contributed by atoms with van der Waals surface area (Å²) < 4.78 is 42.5. The van der Waals surface area contributed by atoms with Gasteiger partial charge in [0.05, 0.1) is 17.7 Å². The first kappa shape index (κ1) is 12.5. The minimum absolute atomic E-state index is 0.0438. The molecule has 1 rings (SSSR count). The summed E-state index contributed by atoms with van der Waals surface area (Å²) in [4.78, 5) is 10.8. The van der Waals surface area contributed by atoms with Crippen LogP contribution in [-0.2, 0) is 17.5 Å². The van der Waals surface area contributed by atoms with Crippen LogP contribution >= 0.6 is 0 Å². The van der Waals surface area contributed by atoms with Crippen molar-refractivity contribution in [3.8, 4) is 0 Å². The van der Waals surface area contributed by atoms with Crippen LogP contribution < -0.4 is 5.73 Å². The van der Waals surface area contributed by atoms with E-state index in [1.165, 1.54) is 13.2 Å². The van der Waals surface area contributed by atoms with Crippen LogP contribution in [-0.4, -0.2) is 13.0 Å². The maximum absolute atomic E-state index is 12.6. The van der Waals surface area contributed by atoms with Gasteiger partial charge in [0.25, 0.3) is 0 Å². The lowest BCUT2D eigenvalue weighted by atomic mass is 10.0. The van der Waals surface area contributed by atoms with Crippen molar-refractivity contribution in [2.45, 2.75) is 12.8 Å². The molecule has 0 atom stereocenters. The average Bonchev–Trinajstić information content (AvgIpc) is 2.16. The number of nitrogens with two attached hydrogens (primary N) is 1. The first-order chi connectivity index (χ1) is 7.36. The molecule has 0 saturated heterocycles. The Morgan fingerprint density at radius 1 is 1.44 bits per heavy atom. The predicted octanol–water partition coefficient (Wildman–Crippen LogP) is 1.95. The smallest absolute Gasteiger partial charge is 0.380 e. The van der Waals surface area contributed by atoms with Gasteiger partial charge in [0.15, 0.2) is 0 Å². The summed E-state index contributed by atoms with van der Waals surface area (Å²) >= 11 is 0. The van der Waals surface area contributed by atoms with Crippen molar-refractivity contribution >= 4 is 5.91 Å². The molecule has 1 aromatic carbocycles. The van der Waals surface area contributed by atoms with Crippen molar-refractivity contribution in [2.75, 3.05) is 7.11 Å². The Balaban J connectivity index is 3.27. The van der Waals surface area contributed by atoms with Gasteiger partial charge in [-0.3, -0.25) is 4.79 Å². The van der Waals surface area contributed by atoms with E-state index in [0.29, 0.717) is 5.56 Å². The Bertz CT molecular complexity index is 402. The lowest BCUT2D eigenvalue weighted by Crippen LogP contribution is -2.19. The fourth-order valence-electron chi connectivity index (χ4n) is 1.30. The van der Waals surface area contributed by atoms with Crippen molar-refractivity contribution in [1.29, 1.82) is 0 Å². The summed E-state index contributed by atoms with van der Waals surface area (Å²) in [5, 5.41) is 0. The van der Waals surface area contributed by atoms with E-state index in [4.69, 9.17) is 10.5 Å². The number of hydrogen-bond donors (Lipinski definition) is 1. The molecule has 2 N–H and O–H groups in total. The second-order valence-corrected chi connectivity index (χ2v) is 3.17. The molecule has 0 radical (unpaired) electrons. The average molecular weight is 233 g/mol. The molecule has 3 nitrogen and oxygen atoms in total. The number of ether oxygens (including phenoxy) is 1. The molecule has 0 unspecified atom stereocenters. The molecule has 6 heteroatoms. The number of methoxy groups -OCH3 is 1. The fraction of sp³-hybridized carbons (Fsp3) is 0.300. The molecule has 0 saturated carbocycles. The zero-order valence-corrected chi connectivity index (χ0v) is 8.47. The molecule has 1 amide bonds. The minimum atomic E-state index is -4.60. The number of halogens is 3. The molecule has 0 bridgehead atoms. The van der Waals surface area contributed by atoms with Crippen LogP contribution in [0.15, 0.2) is 18.2 Å². The molecule has 0 aliphatic carbocycles. The number of alkyl halides is 3. The van der Waals surface area contributed by atoms with Crippen molar-refractivity contribution in [3.63, 3.8) is 0 Å². The molecular formula is C10H10F3NO2. The maximum atomic E-state index is 12.6. The van der Waals surface area contributed by atoms with E-state index in [2.05, 4.69) is 0 Å². The lowest BCUT2D eigenvalue weighted by molar-refractivity contribution is -0.138. The summed E-state index contributed by atoms with van der Waals surface area (Å²) in [6.45, 7) is 0.0438. The Labute approximate surface area is 90.0 Å². The molecular weight excluding hydrogens is 223 g/mol. The van der Waals surface area contributed by atoms with E-state index in [1.54, 1.807) is 0 Å². The van der Waals surface area contributed by atoms with E-state index in [1.807, 2.05) is 0 Å². The molecule has 88 valence electrons. The van der Waals surface area contributed by atoms with Crippen LogP contribution in [0.25, 0.3) is 0 Å². The second-order valence-electron chi connectivity index (χ2n) is 3.17. The molecule has 0 aromatic heterocycles. The van der Waals surface area contributed by atoms with Crippen LogP contribution in [0.2, 0.25) is 0 Å². The van der Waals surface area contributed by atoms with Crippen molar-refractivity contribution in [1.82, 2.24) is 0 Å². The van der Waals surface area contributed by atoms with E-state index >= 15 is 0 Å². The number of carbonyl (C=O) groups excluding carboxylic acids is 1. The lowest BCUT2D eigenvalue weighted by Gasteiger charge is -2.12. The van der Waals surface area contributed by atoms with Crippen molar-refractivity contribution < 1.29 is 22.7 Å². The van der Waals surface area contributed by atoms with E-state index in [9.17, 15) is 18.0 Å². The maximum Gasteiger partial charge on any atom is 0.417 e. The zero-order valence-electron chi connectivity index (χ0n) is 8.47. The first-order valence-corrected chi connectivity index (χ1v) is 4.35. The molecule has 0 heterocycles. The Morgan fingerprint density at radius 3 is 2.50 bits per heavy atom. The first-order valence-electron chi connectivity index (χ1n) is 4.35. The molecule has 1 aromatic rings. The topological polar surface area (TPSA) is 52.3 Å². The van der Waals surface area contributed by atoms with Crippen molar-refractivity contribution in [3.05, 3.63) is 34.9 Å². The van der Waals surface area contributed by atoms with Crippen LogP contribution in [0.5, 0.6) is 0 Å². The molecule has 0 aliphatic heterocycles. The third-order valence-electron chi connectivity index (χ3n) is 1.97. The Morgan fingerprint density at radius 2 is 2.06 bits per heavy atom. The normalized spacial score (nSPS) is 11.5. The van der Waals surface area contributed by atoms with Gasteiger partial charge in [-0.25, -0.2) is 0 Å². The van der Waals surface area contributed by atoms with Crippen LogP contribution in [0, 0.1) is 0 Å². The third-order valence-corrected chi connectivity index (χ3v) is 1.97. The van der Waals surface area contributed by atoms with Gasteiger partial charge in [0, 0.05) is 7.11 Å². The number of hydrogen-bond acceptors (Lipinski definition) is 2. The van der Waals surface area contributed by atoms with Gasteiger partial charge in [-0.2, -0.15) is 13.2 Å². The number of carbonyl (C=O) groups is 1. The van der Waals surface area contributed by atoms with Gasteiger partial charge in [0.2, 0.25) is 5.91 Å². The van der Waals surface area contributed by atoms with Crippen molar-refractivity contribution in [2.24, 2.45) is 5.73 Å². The SMILES string of the molecule is COCc1ccc(C(N)=O)c(C(F)(F)F)c1. The largest absolute Gasteiger partial charge is 0.417 e. The summed E-state index contributed by atoms with van der Waals surface area (Å²) in [5.74, 6) is -1.10. The summed E-state index contributed by atoms with van der Waals surface area (Å²) in [6, 6.07) is 3.29. The Hall–Kier alpha value is -1.56. The zero-order chi connectivity index (χ0) is 12.3. The predicted molar refractivity (Wildman–Crippen MR) is 50.7 cm³/mol. The van der Waals surface area contributed by atoms with Crippen LogP contribution in [0.3, 0.4) is 0 Å². The van der Waals surface area contributed by atoms with E-state index < -0.39 is 23.2 Å². The van der Waals surface area contributed by atoms with E-state index in [-0.39, 0.29) is 6.61 Å². The highest BCUT2D eigenvalue weighted by atomic mass is 19.4. The monoisotopic (exact) mass is 233 g/mol. The molecule has 0 spiro atoms. The molecule has 16 heavy (non-hydrogen) atoms. The number of primary amides is 1. The van der Waals surface area contributed by atoms with Gasteiger partial charge in [-0.1, -0.05) is 6.07 Å². The van der Waals surface area contributed by atoms with Gasteiger partial charge >= 0.3 is 6.18 Å². The molecule has 0 aliphatic rings. The van der Waals surface area contributed by atoms with E-state index in [0.717, 1.165) is 12.1 Å². The highest BCUT2D eigenvalue weighted by Gasteiger charge is 2.34. The highest BCUT2D eigenvalue weighted by Crippen LogP contribution is 2.32. The standard InChI is InChI=1S/C10H10F3NO2/c1-16-5-6-2-3-7(9(14)15)8(4-6)10(11,12)13/h2-4H,5H2,1H3,(H2,14,15). The second kappa shape index (κ2) is 4.52. The summed E-state index contributed by atoms with van der Waals surface area (Å²) in [5.41, 5.74) is 3.63. The van der Waals surface area contributed by atoms with Gasteiger partial charge in [-0.15, -0.1) is 0 Å². The van der Waals surface area contributed by atoms with Gasteiger partial charge in [-0.05, 0) is 17.7 Å². The number of benzene rings is 1. The summed E-state index contributed by atoms with van der Waals surface area (Å²) in [7, 11) is 1.37. The quantitative estimate of drug-likeness (QED) is 0.867. The van der Waals surface area contributed by atoms with Gasteiger partial charge < -0.3 is 10.5 Å². The van der Waals surface area contributed by atoms with Crippen LogP contribution in [0.1, 0.15) is 21.5 Å². The third kappa shape index (κ3) is 2.73. The highest BCUT2D eigenvalue weighted by molar-refractivity contribution is 5.94. The summed E-state index contributed by atoms with van der Waals surface area (Å²) in [6.07, 6.45) is -4.60. The van der Waals surface area contributed by atoms with Gasteiger partial charge in [0.1, 0.15) is 0 Å².